The van der Waals surface area contributed by atoms with Crippen molar-refractivity contribution in [3.63, 3.8) is 0 Å². The summed E-state index contributed by atoms with van der Waals surface area (Å²) in [6.07, 6.45) is 2.03. The largest absolute Gasteiger partial charge is 0.327 e. The van der Waals surface area contributed by atoms with E-state index in [4.69, 9.17) is 0 Å². The summed E-state index contributed by atoms with van der Waals surface area (Å²) in [6.45, 7) is 8.25. The summed E-state index contributed by atoms with van der Waals surface area (Å²) in [6, 6.07) is 32.7. The maximum absolute atomic E-state index is 13.5. The van der Waals surface area contributed by atoms with Gasteiger partial charge >= 0.3 is 6.03 Å². The molecule has 5 rings (SSSR count). The number of likely N-dealkylation sites (tertiary alicyclic amines) is 1. The van der Waals surface area contributed by atoms with Crippen LogP contribution >= 0.6 is 0 Å². The third kappa shape index (κ3) is 6.23. The average molecular weight is 497 g/mol. The molecule has 194 valence electrons. The number of piperazine rings is 1. The van der Waals surface area contributed by atoms with Crippen molar-refractivity contribution in [2.24, 2.45) is 5.92 Å². The van der Waals surface area contributed by atoms with Crippen LogP contribution in [0.25, 0.3) is 0 Å². The summed E-state index contributed by atoms with van der Waals surface area (Å²) in [4.78, 5) is 18.2. The zero-order chi connectivity index (χ0) is 25.6. The number of carbonyl (C=O) groups excluding carboxylic acids is 1. The van der Waals surface area contributed by atoms with Gasteiger partial charge in [0.05, 0.1) is 6.04 Å². The lowest BCUT2D eigenvalue weighted by molar-refractivity contribution is 0.0604. The SMILES string of the molecule is CC1CN(C(c2ccccc2)C2CCN(C(=O)NC(c3ccccc3)c3ccccc3)CC2)CC(C)N1. The molecule has 3 atom stereocenters. The summed E-state index contributed by atoms with van der Waals surface area (Å²) in [5, 5.41) is 7.02. The van der Waals surface area contributed by atoms with Gasteiger partial charge in [-0.15, -0.1) is 0 Å². The average Bonchev–Trinajstić information content (AvgIpc) is 2.93. The number of urea groups is 1. The van der Waals surface area contributed by atoms with Crippen molar-refractivity contribution in [1.82, 2.24) is 20.4 Å². The molecule has 3 aromatic carbocycles. The van der Waals surface area contributed by atoms with Crippen molar-refractivity contribution in [3.8, 4) is 0 Å². The predicted octanol–water partition coefficient (Wildman–Crippen LogP) is 5.62. The standard InChI is InChI=1S/C32H40N4O/c1-24-22-36(23-25(2)33-24)31(28-16-10-5-11-17-28)29-18-20-35(21-19-29)32(37)34-30(26-12-6-3-7-13-26)27-14-8-4-9-15-27/h3-17,24-25,29-31,33H,18-23H2,1-2H3,(H,34,37). The molecule has 3 aromatic rings. The summed E-state index contributed by atoms with van der Waals surface area (Å²) >= 11 is 0. The van der Waals surface area contributed by atoms with Crippen LogP contribution in [0.1, 0.15) is 55.5 Å². The van der Waals surface area contributed by atoms with Gasteiger partial charge in [0.25, 0.3) is 0 Å². The monoisotopic (exact) mass is 496 g/mol. The Bertz CT molecular complexity index is 1070. The Labute approximate surface area is 221 Å². The molecule has 2 saturated heterocycles. The highest BCUT2D eigenvalue weighted by Gasteiger charge is 2.36. The van der Waals surface area contributed by atoms with Gasteiger partial charge in [0.15, 0.2) is 0 Å². The minimum absolute atomic E-state index is 0.0248. The first-order valence-corrected chi connectivity index (χ1v) is 13.8. The van der Waals surface area contributed by atoms with Crippen LogP contribution in [0.2, 0.25) is 0 Å². The van der Waals surface area contributed by atoms with Crippen molar-refractivity contribution in [3.05, 3.63) is 108 Å². The van der Waals surface area contributed by atoms with Crippen LogP contribution in [0.4, 0.5) is 4.79 Å². The van der Waals surface area contributed by atoms with Gasteiger partial charge in [0, 0.05) is 44.3 Å². The third-order valence-corrected chi connectivity index (χ3v) is 7.93. The summed E-state index contributed by atoms with van der Waals surface area (Å²) in [5.74, 6) is 0.531. The van der Waals surface area contributed by atoms with Crippen molar-refractivity contribution in [1.29, 1.82) is 0 Å². The topological polar surface area (TPSA) is 47.6 Å². The first-order valence-electron chi connectivity index (χ1n) is 13.8. The van der Waals surface area contributed by atoms with E-state index >= 15 is 0 Å². The van der Waals surface area contributed by atoms with Gasteiger partial charge < -0.3 is 15.5 Å². The smallest absolute Gasteiger partial charge is 0.318 e. The first-order chi connectivity index (χ1) is 18.1. The Hall–Kier alpha value is -3.15. The molecule has 5 nitrogen and oxygen atoms in total. The number of benzene rings is 3. The van der Waals surface area contributed by atoms with Crippen molar-refractivity contribution < 1.29 is 4.79 Å². The molecule has 0 aliphatic carbocycles. The molecule has 0 aromatic heterocycles. The molecule has 2 fully saturated rings. The molecule has 2 amide bonds. The first kappa shape index (κ1) is 25.5. The Balaban J connectivity index is 1.28. The van der Waals surface area contributed by atoms with Crippen LogP contribution in [-0.2, 0) is 0 Å². The zero-order valence-corrected chi connectivity index (χ0v) is 22.1. The fourth-order valence-corrected chi connectivity index (χ4v) is 6.31. The summed E-state index contributed by atoms with van der Waals surface area (Å²) in [7, 11) is 0. The van der Waals surface area contributed by atoms with Crippen LogP contribution in [-0.4, -0.2) is 54.1 Å². The number of piperidine rings is 1. The minimum Gasteiger partial charge on any atom is -0.327 e. The van der Waals surface area contributed by atoms with E-state index in [9.17, 15) is 4.79 Å². The number of rotatable bonds is 6. The quantitative estimate of drug-likeness (QED) is 0.466. The lowest BCUT2D eigenvalue weighted by atomic mass is 9.83. The maximum atomic E-state index is 13.5. The highest BCUT2D eigenvalue weighted by atomic mass is 16.2. The van der Waals surface area contributed by atoms with Crippen molar-refractivity contribution in [2.45, 2.75) is 50.9 Å². The Morgan fingerprint density at radius 3 is 1.70 bits per heavy atom. The number of nitrogens with zero attached hydrogens (tertiary/aromatic N) is 2. The highest BCUT2D eigenvalue weighted by Crippen LogP contribution is 2.37. The second kappa shape index (κ2) is 11.9. The van der Waals surface area contributed by atoms with E-state index < -0.39 is 0 Å². The number of nitrogens with one attached hydrogen (secondary N) is 2. The molecule has 0 bridgehead atoms. The number of carbonyl (C=O) groups is 1. The molecule has 37 heavy (non-hydrogen) atoms. The Morgan fingerprint density at radius 1 is 0.757 bits per heavy atom. The van der Waals surface area contributed by atoms with E-state index in [0.717, 1.165) is 50.1 Å². The molecule has 2 N–H and O–H groups in total. The molecular weight excluding hydrogens is 456 g/mol. The number of hydrogen-bond donors (Lipinski definition) is 2. The van der Waals surface area contributed by atoms with Gasteiger partial charge in [0.2, 0.25) is 0 Å². The van der Waals surface area contributed by atoms with Crippen LogP contribution in [0, 0.1) is 5.92 Å². The van der Waals surface area contributed by atoms with E-state index in [1.807, 2.05) is 41.3 Å². The molecule has 2 aliphatic heterocycles. The van der Waals surface area contributed by atoms with Crippen LogP contribution in [0.15, 0.2) is 91.0 Å². The van der Waals surface area contributed by atoms with Crippen molar-refractivity contribution in [2.75, 3.05) is 26.2 Å². The lowest BCUT2D eigenvalue weighted by Crippen LogP contribution is -2.56. The fourth-order valence-electron chi connectivity index (χ4n) is 6.31. The molecule has 2 heterocycles. The van der Waals surface area contributed by atoms with Crippen LogP contribution in [0.3, 0.4) is 0 Å². The van der Waals surface area contributed by atoms with Crippen LogP contribution < -0.4 is 10.6 Å². The van der Waals surface area contributed by atoms with E-state index in [1.54, 1.807) is 0 Å². The fraction of sp³-hybridized carbons (Fsp3) is 0.406. The second-order valence-corrected chi connectivity index (χ2v) is 10.8. The van der Waals surface area contributed by atoms with Crippen molar-refractivity contribution >= 4 is 6.03 Å². The second-order valence-electron chi connectivity index (χ2n) is 10.8. The molecule has 0 spiro atoms. The molecule has 0 radical (unpaired) electrons. The van der Waals surface area contributed by atoms with Gasteiger partial charge in [-0.3, -0.25) is 4.90 Å². The van der Waals surface area contributed by atoms with E-state index in [-0.39, 0.29) is 12.1 Å². The Kier molecular flexibility index (Phi) is 8.22. The van der Waals surface area contributed by atoms with E-state index in [2.05, 4.69) is 84.0 Å². The molecule has 3 unspecified atom stereocenters. The third-order valence-electron chi connectivity index (χ3n) is 7.93. The Morgan fingerprint density at radius 2 is 1.22 bits per heavy atom. The normalized spacial score (nSPS) is 22.1. The van der Waals surface area contributed by atoms with E-state index in [0.29, 0.717) is 24.0 Å². The molecule has 5 heteroatoms. The minimum atomic E-state index is -0.159. The molecular formula is C32H40N4O. The van der Waals surface area contributed by atoms with Gasteiger partial charge in [-0.25, -0.2) is 4.79 Å². The van der Waals surface area contributed by atoms with Gasteiger partial charge in [-0.2, -0.15) is 0 Å². The zero-order valence-electron chi connectivity index (χ0n) is 22.1. The lowest BCUT2D eigenvalue weighted by Gasteiger charge is -2.46. The van der Waals surface area contributed by atoms with Gasteiger partial charge in [0.1, 0.15) is 0 Å². The highest BCUT2D eigenvalue weighted by molar-refractivity contribution is 5.75. The summed E-state index contributed by atoms with van der Waals surface area (Å²) in [5.41, 5.74) is 3.60. The van der Waals surface area contributed by atoms with Crippen LogP contribution in [0.5, 0.6) is 0 Å². The molecule has 2 aliphatic rings. The maximum Gasteiger partial charge on any atom is 0.318 e. The van der Waals surface area contributed by atoms with E-state index in [1.165, 1.54) is 5.56 Å². The van der Waals surface area contributed by atoms with Gasteiger partial charge in [-0.05, 0) is 49.3 Å². The summed E-state index contributed by atoms with van der Waals surface area (Å²) < 4.78 is 0. The molecule has 0 saturated carbocycles. The predicted molar refractivity (Wildman–Crippen MR) is 150 cm³/mol. The van der Waals surface area contributed by atoms with Gasteiger partial charge in [-0.1, -0.05) is 91.0 Å². The number of amides is 2. The number of hydrogen-bond acceptors (Lipinski definition) is 3.